The molecule has 70 valence electrons. The lowest BCUT2D eigenvalue weighted by Gasteiger charge is -2.07. The molecular weight excluding hydrogens is 168 g/mol. The van der Waals surface area contributed by atoms with Crippen molar-refractivity contribution in [1.82, 2.24) is 10.3 Å². The Morgan fingerprint density at radius 1 is 1.69 bits per heavy atom. The zero-order valence-corrected chi connectivity index (χ0v) is 7.70. The lowest BCUT2D eigenvalue weighted by Crippen LogP contribution is -2.19. The molecule has 4 heteroatoms. The Bertz CT molecular complexity index is 299. The normalized spacial score (nSPS) is 9.38. The van der Waals surface area contributed by atoms with Crippen LogP contribution in [-0.2, 0) is 11.3 Å². The molecule has 13 heavy (non-hydrogen) atoms. The van der Waals surface area contributed by atoms with Crippen LogP contribution in [0.2, 0.25) is 0 Å². The van der Waals surface area contributed by atoms with E-state index in [9.17, 15) is 4.79 Å². The van der Waals surface area contributed by atoms with Crippen LogP contribution < -0.4 is 10.1 Å². The summed E-state index contributed by atoms with van der Waals surface area (Å²) in [7, 11) is 1.58. The van der Waals surface area contributed by atoms with Crippen LogP contribution in [0.3, 0.4) is 0 Å². The van der Waals surface area contributed by atoms with Gasteiger partial charge in [0, 0.05) is 25.2 Å². The number of nitrogens with one attached hydrogen (secondary N) is 1. The summed E-state index contributed by atoms with van der Waals surface area (Å²) in [4.78, 5) is 14.6. The van der Waals surface area contributed by atoms with Gasteiger partial charge in [0.25, 0.3) is 0 Å². The maximum atomic E-state index is 10.6. The Labute approximate surface area is 76.9 Å². The Hall–Kier alpha value is -1.58. The van der Waals surface area contributed by atoms with E-state index in [-0.39, 0.29) is 5.91 Å². The van der Waals surface area contributed by atoms with Crippen molar-refractivity contribution in [3.8, 4) is 5.75 Å². The molecule has 0 radical (unpaired) electrons. The molecule has 0 aliphatic heterocycles. The zero-order chi connectivity index (χ0) is 9.68. The molecule has 0 bridgehead atoms. The average molecular weight is 180 g/mol. The van der Waals surface area contributed by atoms with Crippen molar-refractivity contribution >= 4 is 5.91 Å². The van der Waals surface area contributed by atoms with Crippen molar-refractivity contribution in [2.45, 2.75) is 13.5 Å². The predicted molar refractivity (Wildman–Crippen MR) is 48.3 cm³/mol. The van der Waals surface area contributed by atoms with E-state index in [2.05, 4.69) is 10.3 Å². The number of hydrogen-bond acceptors (Lipinski definition) is 3. The van der Waals surface area contributed by atoms with Crippen LogP contribution in [0, 0.1) is 0 Å². The molecule has 0 fully saturated rings. The number of methoxy groups -OCH3 is 1. The van der Waals surface area contributed by atoms with Crippen LogP contribution in [0.25, 0.3) is 0 Å². The van der Waals surface area contributed by atoms with E-state index >= 15 is 0 Å². The minimum Gasteiger partial charge on any atom is -0.495 e. The van der Waals surface area contributed by atoms with Crippen molar-refractivity contribution < 1.29 is 9.53 Å². The van der Waals surface area contributed by atoms with Crippen LogP contribution >= 0.6 is 0 Å². The van der Waals surface area contributed by atoms with E-state index in [0.717, 1.165) is 5.56 Å². The van der Waals surface area contributed by atoms with Crippen LogP contribution in [-0.4, -0.2) is 18.0 Å². The van der Waals surface area contributed by atoms with Crippen molar-refractivity contribution in [2.24, 2.45) is 0 Å². The van der Waals surface area contributed by atoms with Gasteiger partial charge >= 0.3 is 0 Å². The van der Waals surface area contributed by atoms with Gasteiger partial charge in [-0.3, -0.25) is 9.78 Å². The molecule has 0 unspecified atom stereocenters. The van der Waals surface area contributed by atoms with E-state index < -0.39 is 0 Å². The minimum atomic E-state index is -0.0566. The third-order valence-corrected chi connectivity index (χ3v) is 1.62. The maximum absolute atomic E-state index is 10.6. The number of hydrogen-bond donors (Lipinski definition) is 1. The van der Waals surface area contributed by atoms with Gasteiger partial charge < -0.3 is 10.1 Å². The summed E-state index contributed by atoms with van der Waals surface area (Å²) in [5.74, 6) is 0.634. The highest BCUT2D eigenvalue weighted by Gasteiger charge is 2.01. The third kappa shape index (κ3) is 2.74. The highest BCUT2D eigenvalue weighted by molar-refractivity contribution is 5.72. The monoisotopic (exact) mass is 180 g/mol. The lowest BCUT2D eigenvalue weighted by atomic mass is 10.2. The molecule has 0 spiro atoms. The molecule has 0 atom stereocenters. The summed E-state index contributed by atoms with van der Waals surface area (Å²) in [5.41, 5.74) is 0.924. The SMILES string of the molecule is COc1cnccc1CNC(C)=O. The van der Waals surface area contributed by atoms with Gasteiger partial charge in [-0.25, -0.2) is 0 Å². The molecule has 1 aromatic rings. The molecular formula is C9H12N2O2. The average Bonchev–Trinajstić information content (AvgIpc) is 2.15. The molecule has 4 nitrogen and oxygen atoms in total. The van der Waals surface area contributed by atoms with Gasteiger partial charge in [-0.2, -0.15) is 0 Å². The largest absolute Gasteiger partial charge is 0.495 e. The summed E-state index contributed by atoms with van der Waals surface area (Å²) in [5, 5.41) is 2.69. The van der Waals surface area contributed by atoms with Crippen molar-refractivity contribution in [2.75, 3.05) is 7.11 Å². The number of rotatable bonds is 3. The van der Waals surface area contributed by atoms with Gasteiger partial charge in [0.2, 0.25) is 5.91 Å². The Morgan fingerprint density at radius 2 is 2.46 bits per heavy atom. The molecule has 1 aromatic heterocycles. The van der Waals surface area contributed by atoms with Gasteiger partial charge in [-0.05, 0) is 6.07 Å². The molecule has 0 saturated carbocycles. The topological polar surface area (TPSA) is 51.2 Å². The molecule has 1 N–H and O–H groups in total. The number of pyridine rings is 1. The highest BCUT2D eigenvalue weighted by atomic mass is 16.5. The first-order valence-corrected chi connectivity index (χ1v) is 3.95. The molecule has 0 aromatic carbocycles. The number of carbonyl (C=O) groups is 1. The predicted octanol–water partition coefficient (Wildman–Crippen LogP) is 0.726. The highest BCUT2D eigenvalue weighted by Crippen LogP contribution is 2.14. The van der Waals surface area contributed by atoms with Gasteiger partial charge in [-0.1, -0.05) is 0 Å². The van der Waals surface area contributed by atoms with Crippen LogP contribution in [0.15, 0.2) is 18.5 Å². The molecule has 0 aliphatic rings. The Morgan fingerprint density at radius 3 is 3.08 bits per heavy atom. The number of ether oxygens (including phenoxy) is 1. The van der Waals surface area contributed by atoms with Crippen molar-refractivity contribution in [1.29, 1.82) is 0 Å². The van der Waals surface area contributed by atoms with E-state index in [1.807, 2.05) is 6.07 Å². The number of amides is 1. The maximum Gasteiger partial charge on any atom is 0.217 e. The fraction of sp³-hybridized carbons (Fsp3) is 0.333. The van der Waals surface area contributed by atoms with Crippen LogP contribution in [0.1, 0.15) is 12.5 Å². The fourth-order valence-corrected chi connectivity index (χ4v) is 0.958. The summed E-state index contributed by atoms with van der Waals surface area (Å²) >= 11 is 0. The number of nitrogens with zero attached hydrogens (tertiary/aromatic N) is 1. The second-order valence-electron chi connectivity index (χ2n) is 2.60. The first kappa shape index (κ1) is 9.51. The molecule has 0 saturated heterocycles. The van der Waals surface area contributed by atoms with Gasteiger partial charge in [0.1, 0.15) is 5.75 Å². The molecule has 1 heterocycles. The van der Waals surface area contributed by atoms with Crippen LogP contribution in [0.5, 0.6) is 5.75 Å². The summed E-state index contributed by atoms with van der Waals surface area (Å²) < 4.78 is 5.06. The third-order valence-electron chi connectivity index (χ3n) is 1.62. The molecule has 1 rings (SSSR count). The number of aromatic nitrogens is 1. The summed E-state index contributed by atoms with van der Waals surface area (Å²) in [6.45, 7) is 1.95. The Balaban J connectivity index is 2.69. The lowest BCUT2D eigenvalue weighted by molar-refractivity contribution is -0.119. The zero-order valence-electron chi connectivity index (χ0n) is 7.70. The smallest absolute Gasteiger partial charge is 0.217 e. The summed E-state index contributed by atoms with van der Waals surface area (Å²) in [6, 6.07) is 1.81. The van der Waals surface area contributed by atoms with Crippen LogP contribution in [0.4, 0.5) is 0 Å². The van der Waals surface area contributed by atoms with Gasteiger partial charge in [-0.15, -0.1) is 0 Å². The van der Waals surface area contributed by atoms with Crippen molar-refractivity contribution in [3.63, 3.8) is 0 Å². The van der Waals surface area contributed by atoms with Crippen molar-refractivity contribution in [3.05, 3.63) is 24.0 Å². The molecule has 1 amide bonds. The minimum absolute atomic E-state index is 0.0566. The van der Waals surface area contributed by atoms with E-state index in [0.29, 0.717) is 12.3 Å². The van der Waals surface area contributed by atoms with Gasteiger partial charge in [0.05, 0.1) is 13.3 Å². The second-order valence-corrected chi connectivity index (χ2v) is 2.60. The number of carbonyl (C=O) groups excluding carboxylic acids is 1. The molecule has 0 aliphatic carbocycles. The standard InChI is InChI=1S/C9H12N2O2/c1-7(12)11-5-8-3-4-10-6-9(8)13-2/h3-4,6H,5H2,1-2H3,(H,11,12). The first-order valence-electron chi connectivity index (χ1n) is 3.95. The van der Waals surface area contributed by atoms with Gasteiger partial charge in [0.15, 0.2) is 0 Å². The Kier molecular flexibility index (Phi) is 3.25. The quantitative estimate of drug-likeness (QED) is 0.745. The first-order chi connectivity index (χ1) is 6.24. The second kappa shape index (κ2) is 4.45. The fourth-order valence-electron chi connectivity index (χ4n) is 0.958. The van der Waals surface area contributed by atoms with E-state index in [1.165, 1.54) is 6.92 Å². The van der Waals surface area contributed by atoms with E-state index in [4.69, 9.17) is 4.74 Å². The van der Waals surface area contributed by atoms with E-state index in [1.54, 1.807) is 19.5 Å². The summed E-state index contributed by atoms with van der Waals surface area (Å²) in [6.07, 6.45) is 3.29.